The number of ketones is 1. The second-order valence-corrected chi connectivity index (χ2v) is 5.34. The van der Waals surface area contributed by atoms with Crippen LogP contribution in [0.3, 0.4) is 0 Å². The molecular weight excluding hydrogens is 278 g/mol. The summed E-state index contributed by atoms with van der Waals surface area (Å²) in [5, 5.41) is 0. The molecule has 22 heavy (non-hydrogen) atoms. The lowest BCUT2D eigenvalue weighted by Crippen LogP contribution is -2.60. The molecule has 112 valence electrons. The summed E-state index contributed by atoms with van der Waals surface area (Å²) < 4.78 is 5.28. The lowest BCUT2D eigenvalue weighted by atomic mass is 9.94. The zero-order valence-corrected chi connectivity index (χ0v) is 12.1. The number of Topliss-reactive ketones (excluding diaryl/α,β-unsaturated/α-hetero) is 1. The molecule has 4 heteroatoms. The highest BCUT2D eigenvalue weighted by Crippen LogP contribution is 2.20. The van der Waals surface area contributed by atoms with Crippen molar-refractivity contribution in [2.75, 3.05) is 6.54 Å². The van der Waals surface area contributed by atoms with E-state index in [4.69, 9.17) is 4.74 Å². The molecule has 1 amide bonds. The third-order valence-electron chi connectivity index (χ3n) is 3.79. The largest absolute Gasteiger partial charge is 0.445 e. The number of amides is 1. The van der Waals surface area contributed by atoms with Crippen LogP contribution in [0.4, 0.5) is 4.79 Å². The van der Waals surface area contributed by atoms with Gasteiger partial charge in [-0.15, -0.1) is 0 Å². The van der Waals surface area contributed by atoms with E-state index in [2.05, 4.69) is 0 Å². The molecule has 2 aromatic rings. The van der Waals surface area contributed by atoms with Crippen LogP contribution in [0.15, 0.2) is 60.7 Å². The molecule has 0 aliphatic carbocycles. The Morgan fingerprint density at radius 3 is 2.18 bits per heavy atom. The first-order valence-corrected chi connectivity index (χ1v) is 7.28. The first-order valence-electron chi connectivity index (χ1n) is 7.28. The Labute approximate surface area is 129 Å². The number of hydrogen-bond acceptors (Lipinski definition) is 3. The van der Waals surface area contributed by atoms with Crippen LogP contribution < -0.4 is 0 Å². The van der Waals surface area contributed by atoms with Crippen LogP contribution in [-0.4, -0.2) is 29.4 Å². The maximum absolute atomic E-state index is 12.1. The van der Waals surface area contributed by atoms with Crippen molar-refractivity contribution in [3.05, 3.63) is 71.8 Å². The van der Waals surface area contributed by atoms with Gasteiger partial charge in [0.2, 0.25) is 0 Å². The maximum atomic E-state index is 12.1. The van der Waals surface area contributed by atoms with Gasteiger partial charge in [0, 0.05) is 6.42 Å². The zero-order valence-electron chi connectivity index (χ0n) is 12.1. The molecule has 0 aromatic heterocycles. The van der Waals surface area contributed by atoms with Crippen LogP contribution in [-0.2, 0) is 22.6 Å². The highest BCUT2D eigenvalue weighted by atomic mass is 16.6. The van der Waals surface area contributed by atoms with E-state index in [0.29, 0.717) is 6.42 Å². The Bertz CT molecular complexity index is 655. The van der Waals surface area contributed by atoms with E-state index in [1.165, 1.54) is 4.90 Å². The van der Waals surface area contributed by atoms with E-state index >= 15 is 0 Å². The number of nitrogens with zero attached hydrogens (tertiary/aromatic N) is 1. The number of hydrogen-bond donors (Lipinski definition) is 0. The third-order valence-corrected chi connectivity index (χ3v) is 3.79. The molecule has 0 bridgehead atoms. The molecule has 1 unspecified atom stereocenters. The Hall–Kier alpha value is -2.62. The minimum absolute atomic E-state index is 0.0838. The van der Waals surface area contributed by atoms with E-state index in [1.54, 1.807) is 0 Å². The van der Waals surface area contributed by atoms with E-state index in [9.17, 15) is 9.59 Å². The van der Waals surface area contributed by atoms with Crippen molar-refractivity contribution in [2.24, 2.45) is 0 Å². The van der Waals surface area contributed by atoms with Gasteiger partial charge in [-0.1, -0.05) is 60.7 Å². The molecule has 1 atom stereocenters. The van der Waals surface area contributed by atoms with E-state index < -0.39 is 12.1 Å². The molecule has 1 heterocycles. The van der Waals surface area contributed by atoms with Crippen molar-refractivity contribution in [3.8, 4) is 0 Å². The maximum Gasteiger partial charge on any atom is 0.411 e. The first kappa shape index (κ1) is 14.3. The fourth-order valence-corrected chi connectivity index (χ4v) is 2.50. The minimum atomic E-state index is -0.426. The molecule has 2 aromatic carbocycles. The first-order chi connectivity index (χ1) is 10.7. The van der Waals surface area contributed by atoms with Crippen molar-refractivity contribution in [1.82, 2.24) is 4.90 Å². The fraction of sp³-hybridized carbons (Fsp3) is 0.222. The summed E-state index contributed by atoms with van der Waals surface area (Å²) in [5.74, 6) is 0.0838. The molecule has 1 aliphatic heterocycles. The summed E-state index contributed by atoms with van der Waals surface area (Å²) in [7, 11) is 0. The molecule has 4 nitrogen and oxygen atoms in total. The zero-order chi connectivity index (χ0) is 15.4. The quantitative estimate of drug-likeness (QED) is 0.871. The van der Waals surface area contributed by atoms with E-state index in [1.807, 2.05) is 60.7 Å². The third kappa shape index (κ3) is 3.17. The summed E-state index contributed by atoms with van der Waals surface area (Å²) >= 11 is 0. The summed E-state index contributed by atoms with van der Waals surface area (Å²) in [5.41, 5.74) is 1.98. The predicted octanol–water partition coefficient (Wildman–Crippen LogP) is 2.82. The van der Waals surface area contributed by atoms with Gasteiger partial charge in [0.15, 0.2) is 5.78 Å². The summed E-state index contributed by atoms with van der Waals surface area (Å²) in [6, 6.07) is 18.8. The van der Waals surface area contributed by atoms with E-state index in [-0.39, 0.29) is 18.9 Å². The van der Waals surface area contributed by atoms with Gasteiger partial charge in [-0.25, -0.2) is 4.79 Å². The van der Waals surface area contributed by atoms with Crippen LogP contribution in [0.1, 0.15) is 11.1 Å². The molecule has 0 saturated carbocycles. The SMILES string of the molecule is O=C1CN(C(=O)OCc2ccccc2)C1Cc1ccccc1. The van der Waals surface area contributed by atoms with Gasteiger partial charge in [-0.2, -0.15) is 0 Å². The average Bonchev–Trinajstić information content (AvgIpc) is 2.57. The van der Waals surface area contributed by atoms with Crippen molar-refractivity contribution >= 4 is 11.9 Å². The van der Waals surface area contributed by atoms with Gasteiger partial charge in [0.1, 0.15) is 12.6 Å². The summed E-state index contributed by atoms with van der Waals surface area (Å²) in [6.07, 6.45) is 0.115. The predicted molar refractivity (Wildman–Crippen MR) is 82.3 cm³/mol. The van der Waals surface area contributed by atoms with Gasteiger partial charge < -0.3 is 4.74 Å². The Kier molecular flexibility index (Phi) is 4.19. The van der Waals surface area contributed by atoms with Crippen LogP contribution in [0, 0.1) is 0 Å². The van der Waals surface area contributed by atoms with Crippen LogP contribution in [0.2, 0.25) is 0 Å². The Balaban J connectivity index is 1.57. The topological polar surface area (TPSA) is 46.6 Å². The van der Waals surface area contributed by atoms with Crippen LogP contribution >= 0.6 is 0 Å². The average molecular weight is 295 g/mol. The smallest absolute Gasteiger partial charge is 0.411 e. The molecule has 3 rings (SSSR count). The van der Waals surface area contributed by atoms with Gasteiger partial charge in [0.05, 0.1) is 6.54 Å². The second-order valence-electron chi connectivity index (χ2n) is 5.34. The van der Waals surface area contributed by atoms with Crippen molar-refractivity contribution < 1.29 is 14.3 Å². The molecule has 0 spiro atoms. The van der Waals surface area contributed by atoms with Gasteiger partial charge >= 0.3 is 6.09 Å². The number of ether oxygens (including phenoxy) is 1. The van der Waals surface area contributed by atoms with Crippen molar-refractivity contribution in [2.45, 2.75) is 19.1 Å². The molecule has 1 aliphatic rings. The minimum Gasteiger partial charge on any atom is -0.445 e. The Morgan fingerprint density at radius 1 is 1.00 bits per heavy atom. The molecule has 1 saturated heterocycles. The second kappa shape index (κ2) is 6.43. The fourth-order valence-electron chi connectivity index (χ4n) is 2.50. The van der Waals surface area contributed by atoms with Crippen LogP contribution in [0.25, 0.3) is 0 Å². The lowest BCUT2D eigenvalue weighted by molar-refractivity contribution is -0.134. The number of rotatable bonds is 4. The normalized spacial score (nSPS) is 17.0. The molecule has 0 radical (unpaired) electrons. The van der Waals surface area contributed by atoms with Crippen molar-refractivity contribution in [3.63, 3.8) is 0 Å². The molecule has 0 N–H and O–H groups in total. The van der Waals surface area contributed by atoms with Crippen molar-refractivity contribution in [1.29, 1.82) is 0 Å². The number of likely N-dealkylation sites (tertiary alicyclic amines) is 1. The molecular formula is C18H17NO3. The Morgan fingerprint density at radius 2 is 1.59 bits per heavy atom. The van der Waals surface area contributed by atoms with E-state index in [0.717, 1.165) is 11.1 Å². The highest BCUT2D eigenvalue weighted by molar-refractivity contribution is 5.97. The number of carbonyl (C=O) groups excluding carboxylic acids is 2. The lowest BCUT2D eigenvalue weighted by Gasteiger charge is -2.38. The molecule has 1 fully saturated rings. The number of benzene rings is 2. The standard InChI is InChI=1S/C18H17NO3/c20-17-12-19(16(17)11-14-7-3-1-4-8-14)18(21)22-13-15-9-5-2-6-10-15/h1-10,16H,11-13H2. The van der Waals surface area contributed by atoms with Gasteiger partial charge in [-0.3, -0.25) is 9.69 Å². The summed E-state index contributed by atoms with van der Waals surface area (Å²) in [6.45, 7) is 0.369. The number of carbonyl (C=O) groups is 2. The van der Waals surface area contributed by atoms with Gasteiger partial charge in [0.25, 0.3) is 0 Å². The highest BCUT2D eigenvalue weighted by Gasteiger charge is 2.41. The van der Waals surface area contributed by atoms with Gasteiger partial charge in [-0.05, 0) is 11.1 Å². The monoisotopic (exact) mass is 295 g/mol. The van der Waals surface area contributed by atoms with Crippen LogP contribution in [0.5, 0.6) is 0 Å². The summed E-state index contributed by atoms with van der Waals surface area (Å²) in [4.78, 5) is 25.4.